The molecule has 0 amide bonds. The molecule has 1 aliphatic rings. The summed E-state index contributed by atoms with van der Waals surface area (Å²) >= 11 is 4.16. The van der Waals surface area contributed by atoms with Crippen molar-refractivity contribution < 1.29 is 0 Å². The van der Waals surface area contributed by atoms with E-state index in [2.05, 4.69) is 91.7 Å². The standard InChI is InChI=1S/C20H20N2S/c1-13-3-7-15(8-4-13)17-11-12-18(20(22-23)19(17)21)16-9-5-14(2)6-10-16/h3-12,19,23H,21H2,1-2H3/b22-20-. The summed E-state index contributed by atoms with van der Waals surface area (Å²) in [6, 6.07) is 16.5. The molecule has 0 saturated carbocycles. The van der Waals surface area contributed by atoms with Crippen LogP contribution >= 0.6 is 12.8 Å². The highest BCUT2D eigenvalue weighted by molar-refractivity contribution is 7.79. The highest BCUT2D eigenvalue weighted by atomic mass is 32.1. The van der Waals surface area contributed by atoms with E-state index in [1.54, 1.807) is 0 Å². The van der Waals surface area contributed by atoms with Crippen LogP contribution in [0, 0.1) is 13.8 Å². The Kier molecular flexibility index (Phi) is 4.51. The molecule has 2 aromatic rings. The topological polar surface area (TPSA) is 38.4 Å². The van der Waals surface area contributed by atoms with E-state index in [1.165, 1.54) is 11.1 Å². The van der Waals surface area contributed by atoms with Crippen LogP contribution in [0.5, 0.6) is 0 Å². The summed E-state index contributed by atoms with van der Waals surface area (Å²) in [7, 11) is 0. The average molecular weight is 320 g/mol. The summed E-state index contributed by atoms with van der Waals surface area (Å²) in [5, 5.41) is 0. The maximum absolute atomic E-state index is 6.47. The third-order valence-corrected chi connectivity index (χ3v) is 4.41. The molecule has 2 N–H and O–H groups in total. The maximum Gasteiger partial charge on any atom is 0.0775 e. The maximum atomic E-state index is 6.47. The van der Waals surface area contributed by atoms with E-state index >= 15 is 0 Å². The van der Waals surface area contributed by atoms with E-state index in [0.717, 1.165) is 28.0 Å². The Labute approximate surface area is 143 Å². The number of nitrogens with two attached hydrogens (primary N) is 1. The lowest BCUT2D eigenvalue weighted by atomic mass is 9.84. The van der Waals surface area contributed by atoms with Crippen LogP contribution in [0.4, 0.5) is 0 Å². The molecule has 0 heterocycles. The monoisotopic (exact) mass is 320 g/mol. The molecule has 0 aromatic heterocycles. The number of aryl methyl sites for hydroxylation is 2. The van der Waals surface area contributed by atoms with Crippen molar-refractivity contribution in [1.29, 1.82) is 0 Å². The predicted molar refractivity (Wildman–Crippen MR) is 103 cm³/mol. The second kappa shape index (κ2) is 6.57. The predicted octanol–water partition coefficient (Wildman–Crippen LogP) is 4.40. The summed E-state index contributed by atoms with van der Waals surface area (Å²) in [5.41, 5.74) is 14.1. The quantitative estimate of drug-likeness (QED) is 0.791. The number of allylic oxidation sites excluding steroid dienone is 2. The number of nitrogens with zero attached hydrogens (tertiary/aromatic N) is 1. The van der Waals surface area contributed by atoms with Gasteiger partial charge in [-0.3, -0.25) is 0 Å². The van der Waals surface area contributed by atoms with Gasteiger partial charge in [0.1, 0.15) is 0 Å². The minimum Gasteiger partial charge on any atom is -0.319 e. The highest BCUT2D eigenvalue weighted by Crippen LogP contribution is 2.30. The Morgan fingerprint density at radius 3 is 1.87 bits per heavy atom. The summed E-state index contributed by atoms with van der Waals surface area (Å²) in [6.45, 7) is 4.16. The Balaban J connectivity index is 2.05. The van der Waals surface area contributed by atoms with Crippen LogP contribution in [0.1, 0.15) is 22.3 Å². The van der Waals surface area contributed by atoms with Gasteiger partial charge in [-0.25, -0.2) is 4.40 Å². The molecule has 0 radical (unpaired) electrons. The first-order chi connectivity index (χ1) is 11.1. The van der Waals surface area contributed by atoms with Gasteiger partial charge in [-0.15, -0.1) is 0 Å². The molecule has 3 rings (SSSR count). The van der Waals surface area contributed by atoms with Crippen LogP contribution in [0.3, 0.4) is 0 Å². The normalized spacial score (nSPS) is 19.5. The number of hydrogen-bond acceptors (Lipinski definition) is 3. The molecule has 1 unspecified atom stereocenters. The van der Waals surface area contributed by atoms with Gasteiger partial charge in [0.2, 0.25) is 0 Å². The molecular formula is C20H20N2S. The van der Waals surface area contributed by atoms with Crippen LogP contribution in [0.2, 0.25) is 0 Å². The molecule has 2 nitrogen and oxygen atoms in total. The van der Waals surface area contributed by atoms with Crippen LogP contribution in [0.15, 0.2) is 65.1 Å². The van der Waals surface area contributed by atoms with Crippen LogP contribution in [-0.2, 0) is 0 Å². The van der Waals surface area contributed by atoms with E-state index in [-0.39, 0.29) is 6.04 Å². The van der Waals surface area contributed by atoms with E-state index in [4.69, 9.17) is 5.73 Å². The minimum absolute atomic E-state index is 0.281. The van der Waals surface area contributed by atoms with Crippen LogP contribution in [-0.4, -0.2) is 11.8 Å². The van der Waals surface area contributed by atoms with Gasteiger partial charge in [0.15, 0.2) is 0 Å². The Hall–Kier alpha value is -2.10. The zero-order valence-electron chi connectivity index (χ0n) is 13.3. The fourth-order valence-corrected chi connectivity index (χ4v) is 3.02. The summed E-state index contributed by atoms with van der Waals surface area (Å²) in [6.07, 6.45) is 4.17. The van der Waals surface area contributed by atoms with E-state index in [0.29, 0.717) is 0 Å². The summed E-state index contributed by atoms with van der Waals surface area (Å²) < 4.78 is 4.18. The van der Waals surface area contributed by atoms with Crippen molar-refractivity contribution in [2.24, 2.45) is 10.1 Å². The Morgan fingerprint density at radius 2 is 1.35 bits per heavy atom. The van der Waals surface area contributed by atoms with E-state index < -0.39 is 0 Å². The molecule has 116 valence electrons. The van der Waals surface area contributed by atoms with E-state index in [9.17, 15) is 0 Å². The lowest BCUT2D eigenvalue weighted by molar-refractivity contribution is 1.10. The minimum atomic E-state index is -0.281. The fourth-order valence-electron chi connectivity index (χ4n) is 2.79. The molecule has 1 atom stereocenters. The first kappa shape index (κ1) is 15.8. The van der Waals surface area contributed by atoms with Crippen LogP contribution < -0.4 is 5.73 Å². The zero-order chi connectivity index (χ0) is 16.4. The summed E-state index contributed by atoms with van der Waals surface area (Å²) in [5.74, 6) is 0. The first-order valence-corrected chi connectivity index (χ1v) is 8.04. The molecule has 23 heavy (non-hydrogen) atoms. The molecule has 0 bridgehead atoms. The van der Waals surface area contributed by atoms with Crippen molar-refractivity contribution in [3.8, 4) is 0 Å². The fraction of sp³-hybridized carbons (Fsp3) is 0.150. The van der Waals surface area contributed by atoms with Crippen LogP contribution in [0.25, 0.3) is 11.1 Å². The molecule has 1 aliphatic carbocycles. The highest BCUT2D eigenvalue weighted by Gasteiger charge is 2.24. The number of hydrogen-bond donors (Lipinski definition) is 2. The second-order valence-corrected chi connectivity index (χ2v) is 6.10. The SMILES string of the molecule is Cc1ccc(C2=CC=C(c3ccc(C)cc3)C(N)/C2=N\S)cc1. The van der Waals surface area contributed by atoms with Crippen molar-refractivity contribution >= 4 is 29.7 Å². The average Bonchev–Trinajstić information content (AvgIpc) is 2.56. The van der Waals surface area contributed by atoms with Gasteiger partial charge >= 0.3 is 0 Å². The van der Waals surface area contributed by atoms with Crippen molar-refractivity contribution in [3.63, 3.8) is 0 Å². The number of rotatable bonds is 2. The van der Waals surface area contributed by atoms with Crippen molar-refractivity contribution in [2.75, 3.05) is 0 Å². The molecule has 0 spiro atoms. The summed E-state index contributed by atoms with van der Waals surface area (Å²) in [4.78, 5) is 0. The van der Waals surface area contributed by atoms with E-state index in [1.807, 2.05) is 0 Å². The Bertz CT molecular complexity index is 797. The number of benzene rings is 2. The van der Waals surface area contributed by atoms with Crippen molar-refractivity contribution in [1.82, 2.24) is 0 Å². The Morgan fingerprint density at radius 1 is 0.826 bits per heavy atom. The number of thiol groups is 1. The third-order valence-electron chi connectivity index (χ3n) is 4.19. The smallest absolute Gasteiger partial charge is 0.0775 e. The van der Waals surface area contributed by atoms with Crippen molar-refractivity contribution in [3.05, 3.63) is 82.9 Å². The van der Waals surface area contributed by atoms with Crippen molar-refractivity contribution in [2.45, 2.75) is 19.9 Å². The molecular weight excluding hydrogens is 300 g/mol. The molecule has 3 heteroatoms. The second-order valence-electron chi connectivity index (χ2n) is 5.90. The largest absolute Gasteiger partial charge is 0.319 e. The third kappa shape index (κ3) is 3.16. The lowest BCUT2D eigenvalue weighted by Crippen LogP contribution is -2.34. The van der Waals surface area contributed by atoms with Gasteiger partial charge in [0.25, 0.3) is 0 Å². The van der Waals surface area contributed by atoms with Gasteiger partial charge in [-0.2, -0.15) is 0 Å². The van der Waals surface area contributed by atoms with Gasteiger partial charge in [0.05, 0.1) is 11.8 Å². The lowest BCUT2D eigenvalue weighted by Gasteiger charge is -2.24. The molecule has 2 aromatic carbocycles. The van der Waals surface area contributed by atoms with Gasteiger partial charge in [-0.1, -0.05) is 71.8 Å². The molecule has 0 saturated heterocycles. The van der Waals surface area contributed by atoms with Gasteiger partial charge in [-0.05, 0) is 43.4 Å². The molecule has 0 aliphatic heterocycles. The zero-order valence-corrected chi connectivity index (χ0v) is 14.2. The first-order valence-electron chi connectivity index (χ1n) is 7.64. The van der Waals surface area contributed by atoms with Gasteiger partial charge in [0, 0.05) is 5.57 Å². The molecule has 0 fully saturated rings. The van der Waals surface area contributed by atoms with Gasteiger partial charge < -0.3 is 5.73 Å².